The van der Waals surface area contributed by atoms with Crippen LogP contribution in [0.5, 0.6) is 0 Å². The van der Waals surface area contributed by atoms with Crippen LogP contribution < -0.4 is 0 Å². The Morgan fingerprint density at radius 1 is 1.26 bits per heavy atom. The summed E-state index contributed by atoms with van der Waals surface area (Å²) in [5, 5.41) is 10.5. The van der Waals surface area contributed by atoms with Crippen LogP contribution in [0.4, 0.5) is 0 Å². The van der Waals surface area contributed by atoms with Crippen molar-refractivity contribution in [2.75, 3.05) is 33.7 Å². The van der Waals surface area contributed by atoms with Crippen molar-refractivity contribution in [3.63, 3.8) is 0 Å². The number of halogens is 1. The summed E-state index contributed by atoms with van der Waals surface area (Å²) in [6.07, 6.45) is 1.62. The Morgan fingerprint density at radius 3 is 2.63 bits per heavy atom. The molecule has 0 aromatic heterocycles. The van der Waals surface area contributed by atoms with Gasteiger partial charge in [-0.05, 0) is 80.3 Å². The highest BCUT2D eigenvalue weighted by molar-refractivity contribution is 14.1. The number of rotatable bonds is 3. The van der Waals surface area contributed by atoms with Crippen molar-refractivity contribution in [3.8, 4) is 0 Å². The molecule has 1 aromatic carbocycles. The monoisotopic (exact) mass is 374 g/mol. The zero-order valence-corrected chi connectivity index (χ0v) is 13.9. The van der Waals surface area contributed by atoms with Gasteiger partial charge < -0.3 is 10.0 Å². The van der Waals surface area contributed by atoms with E-state index in [1.54, 1.807) is 0 Å². The first-order chi connectivity index (χ1) is 9.06. The minimum absolute atomic E-state index is 0.228. The molecule has 3 nitrogen and oxygen atoms in total. The third kappa shape index (κ3) is 4.41. The molecule has 19 heavy (non-hydrogen) atoms. The van der Waals surface area contributed by atoms with E-state index in [0.29, 0.717) is 0 Å². The molecule has 1 heterocycles. The van der Waals surface area contributed by atoms with Crippen molar-refractivity contribution in [1.29, 1.82) is 0 Å². The fourth-order valence-corrected chi connectivity index (χ4v) is 3.08. The molecule has 2 atom stereocenters. The number of benzene rings is 1. The van der Waals surface area contributed by atoms with Gasteiger partial charge in [0.15, 0.2) is 0 Å². The lowest BCUT2D eigenvalue weighted by Gasteiger charge is -2.31. The zero-order chi connectivity index (χ0) is 13.8. The van der Waals surface area contributed by atoms with E-state index in [0.717, 1.165) is 26.1 Å². The van der Waals surface area contributed by atoms with E-state index in [4.69, 9.17) is 0 Å². The first-order valence-corrected chi connectivity index (χ1v) is 7.95. The van der Waals surface area contributed by atoms with Crippen molar-refractivity contribution in [2.45, 2.75) is 25.0 Å². The molecule has 2 unspecified atom stereocenters. The SMILES string of the molecule is CN1CCCN(C)C(C(O)Cc2ccc(I)cc2)C1. The third-order valence-electron chi connectivity index (χ3n) is 3.92. The largest absolute Gasteiger partial charge is 0.391 e. The van der Waals surface area contributed by atoms with Gasteiger partial charge in [0.25, 0.3) is 0 Å². The summed E-state index contributed by atoms with van der Waals surface area (Å²) in [4.78, 5) is 4.63. The van der Waals surface area contributed by atoms with Crippen molar-refractivity contribution in [1.82, 2.24) is 9.80 Å². The lowest BCUT2D eigenvalue weighted by molar-refractivity contribution is 0.0581. The molecule has 0 radical (unpaired) electrons. The van der Waals surface area contributed by atoms with Gasteiger partial charge in [0, 0.05) is 16.2 Å². The minimum atomic E-state index is -0.300. The first kappa shape index (κ1) is 15.2. The predicted molar refractivity (Wildman–Crippen MR) is 87.4 cm³/mol. The van der Waals surface area contributed by atoms with E-state index >= 15 is 0 Å². The molecule has 1 aliphatic heterocycles. The van der Waals surface area contributed by atoms with Crippen LogP contribution in [0.1, 0.15) is 12.0 Å². The second-order valence-electron chi connectivity index (χ2n) is 5.56. The van der Waals surface area contributed by atoms with Gasteiger partial charge in [-0.25, -0.2) is 0 Å². The van der Waals surface area contributed by atoms with Crippen LogP contribution in [0, 0.1) is 3.57 Å². The van der Waals surface area contributed by atoms with Gasteiger partial charge in [0.05, 0.1) is 6.10 Å². The van der Waals surface area contributed by atoms with Crippen molar-refractivity contribution >= 4 is 22.6 Å². The Labute approximate surface area is 129 Å². The maximum atomic E-state index is 10.5. The molecule has 2 rings (SSSR count). The molecule has 0 bridgehead atoms. The number of nitrogens with zero attached hydrogens (tertiary/aromatic N) is 2. The molecule has 1 N–H and O–H groups in total. The number of hydrogen-bond acceptors (Lipinski definition) is 3. The molecule has 0 saturated carbocycles. The van der Waals surface area contributed by atoms with Gasteiger partial charge in [0.2, 0.25) is 0 Å². The van der Waals surface area contributed by atoms with E-state index in [1.165, 1.54) is 15.6 Å². The summed E-state index contributed by atoms with van der Waals surface area (Å²) >= 11 is 2.31. The topological polar surface area (TPSA) is 26.7 Å². The average Bonchev–Trinajstić information content (AvgIpc) is 2.54. The van der Waals surface area contributed by atoms with E-state index in [-0.39, 0.29) is 12.1 Å². The van der Waals surface area contributed by atoms with Crippen LogP contribution >= 0.6 is 22.6 Å². The molecule has 0 amide bonds. The highest BCUT2D eigenvalue weighted by Gasteiger charge is 2.27. The Balaban J connectivity index is 2.00. The first-order valence-electron chi connectivity index (χ1n) is 6.87. The number of aliphatic hydroxyl groups excluding tert-OH is 1. The summed E-state index contributed by atoms with van der Waals surface area (Å²) in [7, 11) is 4.27. The summed E-state index contributed by atoms with van der Waals surface area (Å²) in [6, 6.07) is 8.67. The van der Waals surface area contributed by atoms with Gasteiger partial charge in [-0.15, -0.1) is 0 Å². The van der Waals surface area contributed by atoms with Crippen molar-refractivity contribution in [3.05, 3.63) is 33.4 Å². The number of likely N-dealkylation sites (N-methyl/N-ethyl adjacent to an activating group) is 2. The standard InChI is InChI=1S/C15H23IN2O/c1-17-8-3-9-18(2)14(11-17)15(19)10-12-4-6-13(16)7-5-12/h4-7,14-15,19H,3,8-11H2,1-2H3. The molecule has 1 fully saturated rings. The van der Waals surface area contributed by atoms with Crippen LogP contribution in [-0.2, 0) is 6.42 Å². The quantitative estimate of drug-likeness (QED) is 0.818. The summed E-state index contributed by atoms with van der Waals surface area (Å²) in [5.41, 5.74) is 1.22. The molecule has 1 aromatic rings. The highest BCUT2D eigenvalue weighted by Crippen LogP contribution is 2.15. The van der Waals surface area contributed by atoms with Crippen molar-refractivity contribution in [2.24, 2.45) is 0 Å². The second-order valence-corrected chi connectivity index (χ2v) is 6.81. The highest BCUT2D eigenvalue weighted by atomic mass is 127. The normalized spacial score (nSPS) is 24.1. The predicted octanol–water partition coefficient (Wildman–Crippen LogP) is 1.83. The Morgan fingerprint density at radius 2 is 1.95 bits per heavy atom. The zero-order valence-electron chi connectivity index (χ0n) is 11.7. The smallest absolute Gasteiger partial charge is 0.0747 e. The molecule has 1 aliphatic rings. The molecular formula is C15H23IN2O. The second kappa shape index (κ2) is 7.02. The summed E-state index contributed by atoms with van der Waals surface area (Å²) in [6.45, 7) is 3.14. The average molecular weight is 374 g/mol. The van der Waals surface area contributed by atoms with Gasteiger partial charge in [-0.1, -0.05) is 12.1 Å². The van der Waals surface area contributed by atoms with E-state index in [2.05, 4.69) is 70.8 Å². The van der Waals surface area contributed by atoms with E-state index < -0.39 is 0 Å². The van der Waals surface area contributed by atoms with Crippen LogP contribution in [-0.4, -0.2) is 60.8 Å². The Hall–Kier alpha value is -0.170. The fourth-order valence-electron chi connectivity index (χ4n) is 2.72. The molecular weight excluding hydrogens is 351 g/mol. The maximum absolute atomic E-state index is 10.5. The van der Waals surface area contributed by atoms with Gasteiger partial charge in [-0.2, -0.15) is 0 Å². The van der Waals surface area contributed by atoms with Crippen LogP contribution in [0.15, 0.2) is 24.3 Å². The van der Waals surface area contributed by atoms with Gasteiger partial charge >= 0.3 is 0 Å². The summed E-state index contributed by atoms with van der Waals surface area (Å²) < 4.78 is 1.24. The van der Waals surface area contributed by atoms with Crippen molar-refractivity contribution < 1.29 is 5.11 Å². The third-order valence-corrected chi connectivity index (χ3v) is 4.64. The molecule has 1 saturated heterocycles. The minimum Gasteiger partial charge on any atom is -0.391 e. The Kier molecular flexibility index (Phi) is 5.62. The van der Waals surface area contributed by atoms with E-state index in [1.807, 2.05) is 0 Å². The maximum Gasteiger partial charge on any atom is 0.0747 e. The van der Waals surface area contributed by atoms with Gasteiger partial charge in [-0.3, -0.25) is 4.90 Å². The number of hydrogen-bond donors (Lipinski definition) is 1. The Bertz CT molecular complexity index is 396. The molecule has 4 heteroatoms. The number of aliphatic hydroxyl groups is 1. The summed E-state index contributed by atoms with van der Waals surface area (Å²) in [5.74, 6) is 0. The lowest BCUT2D eigenvalue weighted by Crippen LogP contribution is -2.46. The van der Waals surface area contributed by atoms with E-state index in [9.17, 15) is 5.11 Å². The lowest BCUT2D eigenvalue weighted by atomic mass is 10.0. The fraction of sp³-hybridized carbons (Fsp3) is 0.600. The van der Waals surface area contributed by atoms with Crippen LogP contribution in [0.2, 0.25) is 0 Å². The molecule has 0 aliphatic carbocycles. The van der Waals surface area contributed by atoms with Gasteiger partial charge in [0.1, 0.15) is 0 Å². The molecule has 106 valence electrons. The van der Waals surface area contributed by atoms with Crippen LogP contribution in [0.3, 0.4) is 0 Å². The van der Waals surface area contributed by atoms with Crippen LogP contribution in [0.25, 0.3) is 0 Å². The molecule has 0 spiro atoms.